The maximum Gasteiger partial charge on any atom is 0.173 e. The summed E-state index contributed by atoms with van der Waals surface area (Å²) in [5.41, 5.74) is 1.06. The molecule has 0 aliphatic carbocycles. The van der Waals surface area contributed by atoms with Gasteiger partial charge >= 0.3 is 0 Å². The van der Waals surface area contributed by atoms with Crippen LogP contribution in [0, 0.1) is 0 Å². The van der Waals surface area contributed by atoms with E-state index in [9.17, 15) is 0 Å². The number of hydrogen-bond donors (Lipinski definition) is 1. The molecule has 1 saturated heterocycles. The molecule has 1 unspecified atom stereocenters. The van der Waals surface area contributed by atoms with Gasteiger partial charge in [-0.15, -0.1) is 0 Å². The molecule has 0 amide bonds. The summed E-state index contributed by atoms with van der Waals surface area (Å²) in [4.78, 5) is 2.16. The van der Waals surface area contributed by atoms with Crippen LogP contribution in [0.1, 0.15) is 6.92 Å². The maximum atomic E-state index is 5.21. The highest BCUT2D eigenvalue weighted by atomic mass is 32.1. The van der Waals surface area contributed by atoms with Crippen molar-refractivity contribution in [2.45, 2.75) is 13.0 Å². The smallest absolute Gasteiger partial charge is 0.173 e. The molecule has 3 heteroatoms. The Kier molecular flexibility index (Phi) is 2.19. The van der Waals surface area contributed by atoms with Gasteiger partial charge in [-0.3, -0.25) is 0 Å². The third-order valence-corrected chi connectivity index (χ3v) is 2.48. The molecule has 1 N–H and O–H groups in total. The molecule has 1 aliphatic heterocycles. The number of anilines is 1. The lowest BCUT2D eigenvalue weighted by Gasteiger charge is -2.08. The number of rotatable bonds is 1. The predicted molar refractivity (Wildman–Crippen MR) is 58.8 cm³/mol. The molecule has 0 radical (unpaired) electrons. The van der Waals surface area contributed by atoms with Gasteiger partial charge in [0.2, 0.25) is 0 Å². The first-order valence-electron chi connectivity index (χ1n) is 4.40. The van der Waals surface area contributed by atoms with Crippen LogP contribution in [-0.2, 0) is 0 Å². The van der Waals surface area contributed by atoms with Crippen molar-refractivity contribution >= 4 is 23.0 Å². The highest BCUT2D eigenvalue weighted by Crippen LogP contribution is 2.18. The van der Waals surface area contributed by atoms with E-state index >= 15 is 0 Å². The molecular weight excluding hydrogens is 180 g/mol. The average Bonchev–Trinajstić information content (AvgIpc) is 2.84. The Labute approximate surface area is 83.6 Å². The molecule has 1 aromatic carbocycles. The highest BCUT2D eigenvalue weighted by Gasteiger charge is 2.31. The minimum Gasteiger partial charge on any atom is -0.342 e. The summed E-state index contributed by atoms with van der Waals surface area (Å²) < 4.78 is 0. The zero-order valence-corrected chi connectivity index (χ0v) is 8.34. The summed E-state index contributed by atoms with van der Waals surface area (Å²) in [6.45, 7) is 3.25. The summed E-state index contributed by atoms with van der Waals surface area (Å²) in [5, 5.41) is 4.02. The third kappa shape index (κ3) is 1.98. The van der Waals surface area contributed by atoms with Crippen LogP contribution in [0.5, 0.6) is 0 Å². The van der Waals surface area contributed by atoms with E-state index < -0.39 is 0 Å². The van der Waals surface area contributed by atoms with Gasteiger partial charge in [0, 0.05) is 18.3 Å². The molecule has 2 rings (SSSR count). The van der Waals surface area contributed by atoms with Gasteiger partial charge in [0.05, 0.1) is 0 Å². The van der Waals surface area contributed by atoms with Crippen molar-refractivity contribution < 1.29 is 0 Å². The highest BCUT2D eigenvalue weighted by molar-refractivity contribution is 7.80. The fraction of sp³-hybridized carbons (Fsp3) is 0.300. The Hall–Kier alpha value is -1.09. The van der Waals surface area contributed by atoms with E-state index in [4.69, 9.17) is 12.2 Å². The zero-order chi connectivity index (χ0) is 9.26. The van der Waals surface area contributed by atoms with Crippen molar-refractivity contribution in [2.24, 2.45) is 0 Å². The van der Waals surface area contributed by atoms with Crippen LogP contribution in [0.3, 0.4) is 0 Å². The van der Waals surface area contributed by atoms with Gasteiger partial charge < -0.3 is 10.2 Å². The van der Waals surface area contributed by atoms with E-state index in [0.29, 0.717) is 6.04 Å². The standard InChI is InChI=1S/C10H12N2S/c1-8-7-12(8)10(13)11-9-5-3-2-4-6-9/h2-6,8H,7H2,1H3,(H,11,13). The molecule has 1 atom stereocenters. The van der Waals surface area contributed by atoms with E-state index in [-0.39, 0.29) is 0 Å². The fourth-order valence-corrected chi connectivity index (χ4v) is 1.61. The Morgan fingerprint density at radius 3 is 2.62 bits per heavy atom. The van der Waals surface area contributed by atoms with Crippen molar-refractivity contribution in [2.75, 3.05) is 11.9 Å². The van der Waals surface area contributed by atoms with Crippen molar-refractivity contribution in [1.82, 2.24) is 4.90 Å². The number of nitrogens with one attached hydrogen (secondary N) is 1. The minimum atomic E-state index is 0.615. The number of benzene rings is 1. The molecule has 68 valence electrons. The van der Waals surface area contributed by atoms with Crippen LogP contribution in [0.15, 0.2) is 30.3 Å². The van der Waals surface area contributed by atoms with Crippen LogP contribution >= 0.6 is 12.2 Å². The van der Waals surface area contributed by atoms with E-state index in [2.05, 4.69) is 17.1 Å². The molecule has 13 heavy (non-hydrogen) atoms. The summed E-state index contributed by atoms with van der Waals surface area (Å²) in [6, 6.07) is 10.6. The molecular formula is C10H12N2S. The van der Waals surface area contributed by atoms with Crippen LogP contribution in [0.4, 0.5) is 5.69 Å². The first kappa shape index (κ1) is 8.51. The summed E-state index contributed by atoms with van der Waals surface area (Å²) >= 11 is 5.21. The van der Waals surface area contributed by atoms with Crippen molar-refractivity contribution in [1.29, 1.82) is 0 Å². The quantitative estimate of drug-likeness (QED) is 0.541. The second-order valence-corrected chi connectivity index (χ2v) is 3.68. The Balaban J connectivity index is 1.95. The van der Waals surface area contributed by atoms with Gasteiger partial charge in [0.25, 0.3) is 0 Å². The van der Waals surface area contributed by atoms with Gasteiger partial charge in [-0.1, -0.05) is 18.2 Å². The SMILES string of the molecule is CC1CN1C(=S)Nc1ccccc1. The van der Waals surface area contributed by atoms with E-state index in [1.54, 1.807) is 0 Å². The lowest BCUT2D eigenvalue weighted by atomic mass is 10.3. The van der Waals surface area contributed by atoms with Crippen LogP contribution in [-0.4, -0.2) is 22.6 Å². The van der Waals surface area contributed by atoms with Gasteiger partial charge in [-0.05, 0) is 31.3 Å². The topological polar surface area (TPSA) is 15.0 Å². The van der Waals surface area contributed by atoms with Gasteiger partial charge in [0.1, 0.15) is 0 Å². The Morgan fingerprint density at radius 2 is 2.08 bits per heavy atom. The van der Waals surface area contributed by atoms with Crippen LogP contribution in [0.2, 0.25) is 0 Å². The third-order valence-electron chi connectivity index (χ3n) is 2.15. The second-order valence-electron chi connectivity index (χ2n) is 3.30. The number of thiocarbonyl (C=S) groups is 1. The van der Waals surface area contributed by atoms with Gasteiger partial charge in [0.15, 0.2) is 5.11 Å². The maximum absolute atomic E-state index is 5.21. The van der Waals surface area contributed by atoms with E-state index in [0.717, 1.165) is 17.3 Å². The molecule has 0 bridgehead atoms. The Bertz CT molecular complexity index is 310. The Morgan fingerprint density at radius 1 is 1.46 bits per heavy atom. The summed E-state index contributed by atoms with van der Waals surface area (Å²) in [5.74, 6) is 0. The molecule has 1 fully saturated rings. The largest absolute Gasteiger partial charge is 0.342 e. The van der Waals surface area contributed by atoms with Crippen molar-refractivity contribution in [3.8, 4) is 0 Å². The predicted octanol–water partition coefficient (Wildman–Crippen LogP) is 2.09. The minimum absolute atomic E-state index is 0.615. The average molecular weight is 192 g/mol. The first-order valence-corrected chi connectivity index (χ1v) is 4.81. The molecule has 0 aromatic heterocycles. The first-order chi connectivity index (χ1) is 6.27. The summed E-state index contributed by atoms with van der Waals surface area (Å²) in [6.07, 6.45) is 0. The van der Waals surface area contributed by atoms with Crippen LogP contribution < -0.4 is 5.32 Å². The second kappa shape index (κ2) is 3.34. The lowest BCUT2D eigenvalue weighted by molar-refractivity contribution is 0.777. The molecule has 1 aromatic rings. The zero-order valence-electron chi connectivity index (χ0n) is 7.53. The number of nitrogens with zero attached hydrogens (tertiary/aromatic N) is 1. The molecule has 0 spiro atoms. The molecule has 0 saturated carbocycles. The number of hydrogen-bond acceptors (Lipinski definition) is 1. The fourth-order valence-electron chi connectivity index (χ4n) is 1.24. The van der Waals surface area contributed by atoms with Crippen molar-refractivity contribution in [3.05, 3.63) is 30.3 Å². The van der Waals surface area contributed by atoms with Gasteiger partial charge in [-0.25, -0.2) is 0 Å². The molecule has 1 aliphatic rings. The van der Waals surface area contributed by atoms with E-state index in [1.807, 2.05) is 30.3 Å². The van der Waals surface area contributed by atoms with Crippen LogP contribution in [0.25, 0.3) is 0 Å². The normalized spacial score (nSPS) is 19.8. The van der Waals surface area contributed by atoms with E-state index in [1.165, 1.54) is 0 Å². The van der Waals surface area contributed by atoms with Gasteiger partial charge in [-0.2, -0.15) is 0 Å². The summed E-state index contributed by atoms with van der Waals surface area (Å²) in [7, 11) is 0. The lowest BCUT2D eigenvalue weighted by Crippen LogP contribution is -2.19. The van der Waals surface area contributed by atoms with Crippen molar-refractivity contribution in [3.63, 3.8) is 0 Å². The molecule has 2 nitrogen and oxygen atoms in total. The monoisotopic (exact) mass is 192 g/mol. The molecule has 1 heterocycles. The number of para-hydroxylation sites is 1.